The lowest BCUT2D eigenvalue weighted by atomic mass is 10.2. The molecule has 0 aliphatic carbocycles. The van der Waals surface area contributed by atoms with Gasteiger partial charge in [-0.15, -0.1) is 0 Å². The fourth-order valence-corrected chi connectivity index (χ4v) is 2.32. The van der Waals surface area contributed by atoms with E-state index in [1.165, 1.54) is 0 Å². The van der Waals surface area contributed by atoms with E-state index in [1.807, 2.05) is 30.0 Å². The highest BCUT2D eigenvalue weighted by molar-refractivity contribution is 7.98. The van der Waals surface area contributed by atoms with Crippen molar-refractivity contribution in [3.05, 3.63) is 28.8 Å². The van der Waals surface area contributed by atoms with E-state index < -0.39 is 0 Å². The second-order valence-electron chi connectivity index (χ2n) is 3.24. The van der Waals surface area contributed by atoms with Crippen LogP contribution in [0.2, 0.25) is 5.02 Å². The van der Waals surface area contributed by atoms with Crippen molar-refractivity contribution in [1.29, 1.82) is 0 Å². The molecule has 15 heavy (non-hydrogen) atoms. The molecule has 0 aliphatic rings. The van der Waals surface area contributed by atoms with Crippen LogP contribution in [0.5, 0.6) is 0 Å². The Labute approximate surface area is 100 Å². The molecule has 0 aromatic heterocycles. The highest BCUT2D eigenvalue weighted by Crippen LogP contribution is 2.22. The highest BCUT2D eigenvalue weighted by Gasteiger charge is 2.00. The Morgan fingerprint density at radius 3 is 3.00 bits per heavy atom. The second kappa shape index (κ2) is 6.99. The van der Waals surface area contributed by atoms with E-state index in [0.29, 0.717) is 0 Å². The molecule has 1 aromatic rings. The Hall–Kier alpha value is -0.380. The molecule has 1 rings (SSSR count). The van der Waals surface area contributed by atoms with Crippen molar-refractivity contribution in [1.82, 2.24) is 0 Å². The van der Waals surface area contributed by atoms with Crippen LogP contribution in [0.4, 0.5) is 5.69 Å². The van der Waals surface area contributed by atoms with Gasteiger partial charge >= 0.3 is 0 Å². The Balaban J connectivity index is 2.33. The summed E-state index contributed by atoms with van der Waals surface area (Å²) in [6.07, 6.45) is 1.07. The van der Waals surface area contributed by atoms with Crippen molar-refractivity contribution in [3.63, 3.8) is 0 Å². The average molecular weight is 246 g/mol. The summed E-state index contributed by atoms with van der Waals surface area (Å²) in [7, 11) is 1.72. The zero-order valence-electron chi connectivity index (χ0n) is 8.83. The van der Waals surface area contributed by atoms with Gasteiger partial charge in [-0.1, -0.05) is 11.6 Å². The predicted molar refractivity (Wildman–Crippen MR) is 68.5 cm³/mol. The summed E-state index contributed by atoms with van der Waals surface area (Å²) >= 11 is 7.75. The monoisotopic (exact) mass is 245 g/mol. The van der Waals surface area contributed by atoms with Gasteiger partial charge in [0.15, 0.2) is 0 Å². The van der Waals surface area contributed by atoms with Gasteiger partial charge in [0, 0.05) is 30.2 Å². The van der Waals surface area contributed by atoms with E-state index in [0.717, 1.165) is 40.8 Å². The molecule has 0 radical (unpaired) electrons. The lowest BCUT2D eigenvalue weighted by Crippen LogP contribution is -1.94. The molecule has 4 heteroatoms. The number of thioether (sulfide) groups is 1. The SMILES string of the molecule is COCCCSCc1cc(Cl)ccc1N. The largest absolute Gasteiger partial charge is 0.398 e. The third kappa shape index (κ3) is 4.78. The first kappa shape index (κ1) is 12.7. The van der Waals surface area contributed by atoms with Gasteiger partial charge in [0.25, 0.3) is 0 Å². The van der Waals surface area contributed by atoms with E-state index in [2.05, 4.69) is 0 Å². The lowest BCUT2D eigenvalue weighted by Gasteiger charge is -2.05. The minimum Gasteiger partial charge on any atom is -0.398 e. The minimum absolute atomic E-state index is 0.747. The first-order valence-electron chi connectivity index (χ1n) is 4.84. The van der Waals surface area contributed by atoms with Gasteiger partial charge in [0.2, 0.25) is 0 Å². The quantitative estimate of drug-likeness (QED) is 0.618. The maximum Gasteiger partial charge on any atom is 0.0470 e. The summed E-state index contributed by atoms with van der Waals surface area (Å²) < 4.78 is 4.98. The Morgan fingerprint density at radius 2 is 2.27 bits per heavy atom. The molecular formula is C11H16ClNOS. The van der Waals surface area contributed by atoms with E-state index >= 15 is 0 Å². The van der Waals surface area contributed by atoms with Crippen LogP contribution in [0.3, 0.4) is 0 Å². The molecule has 0 saturated heterocycles. The minimum atomic E-state index is 0.747. The Morgan fingerprint density at radius 1 is 1.47 bits per heavy atom. The van der Waals surface area contributed by atoms with Gasteiger partial charge < -0.3 is 10.5 Å². The molecule has 0 aliphatic heterocycles. The standard InChI is InChI=1S/C11H16ClNOS/c1-14-5-2-6-15-8-9-7-10(12)3-4-11(9)13/h3-4,7H,2,5-6,8,13H2,1H3. The van der Waals surface area contributed by atoms with Crippen molar-refractivity contribution in [3.8, 4) is 0 Å². The topological polar surface area (TPSA) is 35.2 Å². The zero-order chi connectivity index (χ0) is 11.1. The van der Waals surface area contributed by atoms with Crippen molar-refractivity contribution >= 4 is 29.1 Å². The third-order valence-corrected chi connectivity index (χ3v) is 3.33. The number of ether oxygens (including phenoxy) is 1. The number of anilines is 1. The first-order chi connectivity index (χ1) is 7.24. The molecule has 84 valence electrons. The van der Waals surface area contributed by atoms with E-state index in [9.17, 15) is 0 Å². The number of hydrogen-bond acceptors (Lipinski definition) is 3. The van der Waals surface area contributed by atoms with Crippen LogP contribution in [-0.4, -0.2) is 19.5 Å². The van der Waals surface area contributed by atoms with Crippen molar-refractivity contribution in [2.75, 3.05) is 25.2 Å². The molecular weight excluding hydrogens is 230 g/mol. The molecule has 0 heterocycles. The van der Waals surface area contributed by atoms with Gasteiger partial charge in [-0.3, -0.25) is 0 Å². The van der Waals surface area contributed by atoms with Crippen molar-refractivity contribution in [2.45, 2.75) is 12.2 Å². The molecule has 0 fully saturated rings. The fourth-order valence-electron chi connectivity index (χ4n) is 1.19. The van der Waals surface area contributed by atoms with Crippen LogP contribution in [0.1, 0.15) is 12.0 Å². The normalized spacial score (nSPS) is 10.5. The number of methoxy groups -OCH3 is 1. The summed E-state index contributed by atoms with van der Waals surface area (Å²) in [5, 5.41) is 0.747. The summed E-state index contributed by atoms with van der Waals surface area (Å²) in [5.41, 5.74) is 7.77. The fraction of sp³-hybridized carbons (Fsp3) is 0.455. The molecule has 0 amide bonds. The number of halogens is 1. The molecule has 0 saturated carbocycles. The highest BCUT2D eigenvalue weighted by atomic mass is 35.5. The molecule has 0 bridgehead atoms. The number of hydrogen-bond donors (Lipinski definition) is 1. The van der Waals surface area contributed by atoms with Crippen LogP contribution in [0, 0.1) is 0 Å². The van der Waals surface area contributed by atoms with Crippen molar-refractivity contribution < 1.29 is 4.74 Å². The molecule has 2 N–H and O–H groups in total. The van der Waals surface area contributed by atoms with Crippen LogP contribution < -0.4 is 5.73 Å². The third-order valence-electron chi connectivity index (χ3n) is 2.00. The van der Waals surface area contributed by atoms with Gasteiger partial charge in [-0.2, -0.15) is 11.8 Å². The summed E-state index contributed by atoms with van der Waals surface area (Å²) in [6.45, 7) is 0.817. The van der Waals surface area contributed by atoms with Gasteiger partial charge in [0.1, 0.15) is 0 Å². The number of benzene rings is 1. The maximum atomic E-state index is 5.89. The zero-order valence-corrected chi connectivity index (χ0v) is 10.4. The van der Waals surface area contributed by atoms with Crippen molar-refractivity contribution in [2.24, 2.45) is 0 Å². The Kier molecular flexibility index (Phi) is 5.91. The van der Waals surface area contributed by atoms with E-state index in [1.54, 1.807) is 7.11 Å². The number of nitrogen functional groups attached to an aromatic ring is 1. The van der Waals surface area contributed by atoms with Crippen LogP contribution in [0.25, 0.3) is 0 Å². The smallest absolute Gasteiger partial charge is 0.0470 e. The molecule has 0 unspecified atom stereocenters. The maximum absolute atomic E-state index is 5.89. The van der Waals surface area contributed by atoms with Crippen LogP contribution in [0.15, 0.2) is 18.2 Å². The molecule has 2 nitrogen and oxygen atoms in total. The summed E-state index contributed by atoms with van der Waals surface area (Å²) in [6, 6.07) is 5.60. The number of rotatable bonds is 6. The summed E-state index contributed by atoms with van der Waals surface area (Å²) in [4.78, 5) is 0. The number of nitrogens with two attached hydrogens (primary N) is 1. The van der Waals surface area contributed by atoms with Gasteiger partial charge in [0.05, 0.1) is 0 Å². The molecule has 0 spiro atoms. The van der Waals surface area contributed by atoms with Crippen LogP contribution in [-0.2, 0) is 10.5 Å². The molecule has 0 atom stereocenters. The van der Waals surface area contributed by atoms with Gasteiger partial charge in [-0.25, -0.2) is 0 Å². The van der Waals surface area contributed by atoms with E-state index in [4.69, 9.17) is 22.1 Å². The molecule has 1 aromatic carbocycles. The predicted octanol–water partition coefficient (Wildman–Crippen LogP) is 3.19. The second-order valence-corrected chi connectivity index (χ2v) is 4.78. The summed E-state index contributed by atoms with van der Waals surface area (Å²) in [5.74, 6) is 2.00. The first-order valence-corrected chi connectivity index (χ1v) is 6.38. The van der Waals surface area contributed by atoms with Crippen LogP contribution >= 0.6 is 23.4 Å². The average Bonchev–Trinajstić information content (AvgIpc) is 2.23. The van der Waals surface area contributed by atoms with Gasteiger partial charge in [-0.05, 0) is 35.9 Å². The lowest BCUT2D eigenvalue weighted by molar-refractivity contribution is 0.200. The van der Waals surface area contributed by atoms with E-state index in [-0.39, 0.29) is 0 Å². The Bertz CT molecular complexity index is 307.